The van der Waals surface area contributed by atoms with Crippen molar-refractivity contribution in [2.75, 3.05) is 32.4 Å². The average Bonchev–Trinajstić information content (AvgIpc) is 2.69. The van der Waals surface area contributed by atoms with Crippen LogP contribution in [-0.2, 0) is 0 Å². The summed E-state index contributed by atoms with van der Waals surface area (Å²) in [6.45, 7) is 5.44. The Balaban J connectivity index is 1.67. The molecule has 1 aliphatic rings. The molecule has 0 saturated carbocycles. The lowest BCUT2D eigenvalue weighted by Gasteiger charge is -2.35. The fourth-order valence-corrected chi connectivity index (χ4v) is 3.59. The number of rotatable bonds is 3. The van der Waals surface area contributed by atoms with Crippen LogP contribution in [0.2, 0.25) is 0 Å². The lowest BCUT2D eigenvalue weighted by molar-refractivity contribution is 0.0534. The molecule has 0 N–H and O–H groups in total. The molecule has 142 valence electrons. The summed E-state index contributed by atoms with van der Waals surface area (Å²) in [5.41, 5.74) is 2.53. The molecule has 0 aromatic heterocycles. The van der Waals surface area contributed by atoms with E-state index in [0.717, 1.165) is 10.5 Å². The molecule has 2 amide bonds. The Labute approximate surface area is 163 Å². The largest absolute Gasteiger partial charge is 0.335 e. The van der Waals surface area contributed by atoms with Crippen molar-refractivity contribution in [1.29, 1.82) is 0 Å². The topological polar surface area (TPSA) is 40.6 Å². The number of carbonyl (C=O) groups is 2. The maximum absolute atomic E-state index is 13.7. The monoisotopic (exact) mass is 386 g/mol. The first kappa shape index (κ1) is 19.4. The molecular formula is C21H23FN2O2S. The van der Waals surface area contributed by atoms with Crippen LogP contribution in [-0.4, -0.2) is 54.0 Å². The Morgan fingerprint density at radius 1 is 0.889 bits per heavy atom. The van der Waals surface area contributed by atoms with Gasteiger partial charge in [-0.25, -0.2) is 4.39 Å². The average molecular weight is 386 g/mol. The smallest absolute Gasteiger partial charge is 0.254 e. The zero-order valence-corrected chi connectivity index (χ0v) is 16.6. The lowest BCUT2D eigenvalue weighted by Crippen LogP contribution is -2.50. The number of aryl methyl sites for hydroxylation is 2. The molecular weight excluding hydrogens is 363 g/mol. The van der Waals surface area contributed by atoms with E-state index < -0.39 is 0 Å². The molecule has 1 heterocycles. The van der Waals surface area contributed by atoms with Gasteiger partial charge in [-0.2, -0.15) is 0 Å². The van der Waals surface area contributed by atoms with Gasteiger partial charge in [0.25, 0.3) is 11.8 Å². The summed E-state index contributed by atoms with van der Waals surface area (Å²) < 4.78 is 13.7. The molecule has 0 radical (unpaired) electrons. The minimum Gasteiger partial charge on any atom is -0.335 e. The van der Waals surface area contributed by atoms with Gasteiger partial charge in [-0.1, -0.05) is 12.1 Å². The van der Waals surface area contributed by atoms with E-state index in [-0.39, 0.29) is 17.6 Å². The number of hydrogen-bond acceptors (Lipinski definition) is 3. The van der Waals surface area contributed by atoms with Gasteiger partial charge in [0, 0.05) is 42.2 Å². The third-order valence-electron chi connectivity index (χ3n) is 4.95. The highest BCUT2D eigenvalue weighted by Gasteiger charge is 2.26. The quantitative estimate of drug-likeness (QED) is 0.754. The van der Waals surface area contributed by atoms with Gasteiger partial charge in [0.05, 0.1) is 0 Å². The van der Waals surface area contributed by atoms with Crippen molar-refractivity contribution in [3.05, 3.63) is 64.5 Å². The first-order valence-electron chi connectivity index (χ1n) is 8.90. The van der Waals surface area contributed by atoms with Gasteiger partial charge in [-0.3, -0.25) is 9.59 Å². The lowest BCUT2D eigenvalue weighted by atomic mass is 10.1. The minimum atomic E-state index is -0.376. The van der Waals surface area contributed by atoms with Crippen LogP contribution in [0, 0.1) is 19.7 Å². The van der Waals surface area contributed by atoms with Crippen molar-refractivity contribution in [3.63, 3.8) is 0 Å². The van der Waals surface area contributed by atoms with E-state index in [1.54, 1.807) is 40.6 Å². The molecule has 0 atom stereocenters. The normalized spacial score (nSPS) is 14.4. The molecule has 1 saturated heterocycles. The first-order chi connectivity index (χ1) is 12.9. The second kappa shape index (κ2) is 8.13. The summed E-state index contributed by atoms with van der Waals surface area (Å²) in [5, 5.41) is 0. The Kier molecular flexibility index (Phi) is 5.85. The fraction of sp³-hybridized carbons (Fsp3) is 0.333. The van der Waals surface area contributed by atoms with Crippen molar-refractivity contribution < 1.29 is 14.0 Å². The summed E-state index contributed by atoms with van der Waals surface area (Å²) in [7, 11) is 0. The van der Waals surface area contributed by atoms with Crippen molar-refractivity contribution in [2.24, 2.45) is 0 Å². The number of amides is 2. The van der Waals surface area contributed by atoms with E-state index in [2.05, 4.69) is 0 Å². The Hall–Kier alpha value is -2.34. The zero-order chi connectivity index (χ0) is 19.6. The number of nitrogens with zero attached hydrogens (tertiary/aromatic N) is 2. The van der Waals surface area contributed by atoms with Crippen molar-refractivity contribution in [3.8, 4) is 0 Å². The molecule has 27 heavy (non-hydrogen) atoms. The second-order valence-electron chi connectivity index (χ2n) is 6.73. The van der Waals surface area contributed by atoms with Gasteiger partial charge in [0.15, 0.2) is 0 Å². The first-order valence-corrected chi connectivity index (χ1v) is 10.1. The van der Waals surface area contributed by atoms with Gasteiger partial charge < -0.3 is 9.80 Å². The number of thioether (sulfide) groups is 1. The Bertz CT molecular complexity index is 876. The van der Waals surface area contributed by atoms with Gasteiger partial charge in [-0.05, 0) is 55.5 Å². The number of benzene rings is 2. The molecule has 0 bridgehead atoms. The van der Waals surface area contributed by atoms with Crippen LogP contribution in [0.4, 0.5) is 4.39 Å². The van der Waals surface area contributed by atoms with E-state index in [0.29, 0.717) is 42.9 Å². The van der Waals surface area contributed by atoms with E-state index in [1.165, 1.54) is 6.07 Å². The standard InChI is InChI=1S/C21H23FN2O2S/c1-14-5-7-17(27-3)13-18(14)21(26)24-10-8-23(9-11-24)20(25)16-6-4-15(2)19(22)12-16/h4-7,12-13H,8-11H2,1-3H3. The SMILES string of the molecule is CSc1ccc(C)c(C(=O)N2CCN(C(=O)c3ccc(C)c(F)c3)CC2)c1. The zero-order valence-electron chi connectivity index (χ0n) is 15.8. The van der Waals surface area contributed by atoms with Gasteiger partial charge in [-0.15, -0.1) is 11.8 Å². The van der Waals surface area contributed by atoms with Gasteiger partial charge >= 0.3 is 0 Å². The number of carbonyl (C=O) groups excluding carboxylic acids is 2. The van der Waals surface area contributed by atoms with Crippen LogP contribution in [0.25, 0.3) is 0 Å². The van der Waals surface area contributed by atoms with E-state index in [4.69, 9.17) is 0 Å². The highest BCUT2D eigenvalue weighted by Crippen LogP contribution is 2.21. The fourth-order valence-electron chi connectivity index (χ4n) is 3.15. The van der Waals surface area contributed by atoms with Gasteiger partial charge in [0.1, 0.15) is 5.82 Å². The summed E-state index contributed by atoms with van der Waals surface area (Å²) in [4.78, 5) is 30.0. The summed E-state index contributed by atoms with van der Waals surface area (Å²) in [5.74, 6) is -0.572. The van der Waals surface area contributed by atoms with Gasteiger partial charge in [0.2, 0.25) is 0 Å². The van der Waals surface area contributed by atoms with Crippen molar-refractivity contribution in [1.82, 2.24) is 9.80 Å². The van der Waals surface area contributed by atoms with Crippen molar-refractivity contribution >= 4 is 23.6 Å². The van der Waals surface area contributed by atoms with Crippen LogP contribution in [0.3, 0.4) is 0 Å². The number of piperazine rings is 1. The Morgan fingerprint density at radius 3 is 2.07 bits per heavy atom. The summed E-state index contributed by atoms with van der Waals surface area (Å²) in [6.07, 6.45) is 1.98. The molecule has 4 nitrogen and oxygen atoms in total. The highest BCUT2D eigenvalue weighted by molar-refractivity contribution is 7.98. The van der Waals surface area contributed by atoms with E-state index in [9.17, 15) is 14.0 Å². The molecule has 6 heteroatoms. The van der Waals surface area contributed by atoms with Crippen molar-refractivity contribution in [2.45, 2.75) is 18.7 Å². The van der Waals surface area contributed by atoms with E-state index >= 15 is 0 Å². The number of halogens is 1. The Morgan fingerprint density at radius 2 is 1.48 bits per heavy atom. The third kappa shape index (κ3) is 4.16. The van der Waals surface area contributed by atoms with Crippen LogP contribution in [0.5, 0.6) is 0 Å². The van der Waals surface area contributed by atoms with Crippen LogP contribution in [0.15, 0.2) is 41.3 Å². The molecule has 0 spiro atoms. The van der Waals surface area contributed by atoms with Crippen LogP contribution < -0.4 is 0 Å². The molecule has 2 aromatic rings. The van der Waals surface area contributed by atoms with Crippen LogP contribution >= 0.6 is 11.8 Å². The molecule has 1 fully saturated rings. The molecule has 3 rings (SSSR count). The summed E-state index contributed by atoms with van der Waals surface area (Å²) >= 11 is 1.61. The predicted molar refractivity (Wildman–Crippen MR) is 106 cm³/mol. The maximum atomic E-state index is 13.7. The number of hydrogen-bond donors (Lipinski definition) is 0. The maximum Gasteiger partial charge on any atom is 0.254 e. The second-order valence-corrected chi connectivity index (χ2v) is 7.61. The third-order valence-corrected chi connectivity index (χ3v) is 5.67. The predicted octanol–water partition coefficient (Wildman–Crippen LogP) is 3.76. The molecule has 2 aromatic carbocycles. The molecule has 0 aliphatic carbocycles. The molecule has 0 unspecified atom stereocenters. The van der Waals surface area contributed by atoms with Crippen LogP contribution in [0.1, 0.15) is 31.8 Å². The summed E-state index contributed by atoms with van der Waals surface area (Å²) in [6, 6.07) is 10.4. The van der Waals surface area contributed by atoms with E-state index in [1.807, 2.05) is 31.4 Å². The minimum absolute atomic E-state index is 0.00289. The molecule has 1 aliphatic heterocycles. The highest BCUT2D eigenvalue weighted by atomic mass is 32.2.